The van der Waals surface area contributed by atoms with E-state index < -0.39 is 26.7 Å². The molecule has 0 saturated heterocycles. The van der Waals surface area contributed by atoms with Crippen molar-refractivity contribution < 1.29 is 26.4 Å². The summed E-state index contributed by atoms with van der Waals surface area (Å²) in [7, 11) is -4.44. The van der Waals surface area contributed by atoms with Crippen LogP contribution >= 0.6 is 11.6 Å². The number of nitrogens with one attached hydrogen (secondary N) is 1. The van der Waals surface area contributed by atoms with Gasteiger partial charge >= 0.3 is 6.18 Å². The summed E-state index contributed by atoms with van der Waals surface area (Å²) in [4.78, 5) is 5.41. The van der Waals surface area contributed by atoms with Crippen molar-refractivity contribution in [3.05, 3.63) is 28.8 Å². The van der Waals surface area contributed by atoms with Gasteiger partial charge in [0.15, 0.2) is 0 Å². The van der Waals surface area contributed by atoms with Crippen LogP contribution in [0, 0.1) is 5.92 Å². The van der Waals surface area contributed by atoms with Gasteiger partial charge in [0.1, 0.15) is 0 Å². The summed E-state index contributed by atoms with van der Waals surface area (Å²) < 4.78 is 62.1. The van der Waals surface area contributed by atoms with E-state index in [0.717, 1.165) is 12.1 Å². The van der Waals surface area contributed by atoms with Crippen LogP contribution in [-0.4, -0.2) is 15.0 Å². The normalized spacial score (nSPS) is 12.9. The smallest absolute Gasteiger partial charge is 0.287 e. The largest absolute Gasteiger partial charge is 0.417 e. The maximum atomic E-state index is 12.8. The van der Waals surface area contributed by atoms with E-state index >= 15 is 0 Å². The standard InChI is InChI=1S/C11H13ClF3NO3S/c1-7(2)6-19-16-20(17,18)10-4-3-8(12)5-9(10)11(13,14)15/h3-5,7,16H,6H2,1-2H3. The molecule has 0 fully saturated rings. The Morgan fingerprint density at radius 1 is 1.35 bits per heavy atom. The Morgan fingerprint density at radius 2 is 1.95 bits per heavy atom. The molecule has 0 spiro atoms. The van der Waals surface area contributed by atoms with Crippen LogP contribution in [0.25, 0.3) is 0 Å². The minimum atomic E-state index is -4.84. The number of benzene rings is 1. The predicted molar refractivity (Wildman–Crippen MR) is 67.6 cm³/mol. The van der Waals surface area contributed by atoms with Gasteiger partial charge in [-0.2, -0.15) is 13.2 Å². The first-order valence-electron chi connectivity index (χ1n) is 5.54. The van der Waals surface area contributed by atoms with Gasteiger partial charge in [-0.3, -0.25) is 4.84 Å². The number of hydrogen-bond acceptors (Lipinski definition) is 3. The maximum Gasteiger partial charge on any atom is 0.417 e. The zero-order valence-electron chi connectivity index (χ0n) is 10.7. The van der Waals surface area contributed by atoms with E-state index in [0.29, 0.717) is 6.07 Å². The quantitative estimate of drug-likeness (QED) is 0.843. The molecule has 0 bridgehead atoms. The molecule has 0 atom stereocenters. The average Bonchev–Trinajstić information content (AvgIpc) is 2.26. The molecule has 0 saturated carbocycles. The Kier molecular flexibility index (Phi) is 5.42. The Hall–Kier alpha value is -0.830. The first-order valence-corrected chi connectivity index (χ1v) is 7.40. The van der Waals surface area contributed by atoms with Gasteiger partial charge in [-0.1, -0.05) is 30.3 Å². The van der Waals surface area contributed by atoms with E-state index in [1.807, 2.05) is 0 Å². The minimum Gasteiger partial charge on any atom is -0.287 e. The minimum absolute atomic E-state index is 0.0185. The summed E-state index contributed by atoms with van der Waals surface area (Å²) in [5, 5.41) is -0.209. The fourth-order valence-corrected chi connectivity index (χ4v) is 2.48. The molecule has 1 N–H and O–H groups in total. The van der Waals surface area contributed by atoms with Crippen molar-refractivity contribution in [2.75, 3.05) is 6.61 Å². The number of hydrogen-bond donors (Lipinski definition) is 1. The molecule has 0 aliphatic heterocycles. The van der Waals surface area contributed by atoms with E-state index in [4.69, 9.17) is 11.6 Å². The highest BCUT2D eigenvalue weighted by molar-refractivity contribution is 7.89. The summed E-state index contributed by atoms with van der Waals surface area (Å²) >= 11 is 5.47. The second kappa shape index (κ2) is 6.30. The third-order valence-corrected chi connectivity index (χ3v) is 3.63. The van der Waals surface area contributed by atoms with Gasteiger partial charge in [0.2, 0.25) is 0 Å². The third-order valence-electron chi connectivity index (χ3n) is 2.12. The summed E-state index contributed by atoms with van der Waals surface area (Å²) in [5.74, 6) is 0.0185. The van der Waals surface area contributed by atoms with Crippen molar-refractivity contribution in [1.82, 2.24) is 4.89 Å². The molecule has 114 valence electrons. The fourth-order valence-electron chi connectivity index (χ4n) is 1.28. The summed E-state index contributed by atoms with van der Waals surface area (Å²) in [5.41, 5.74) is -1.34. The van der Waals surface area contributed by atoms with Crippen LogP contribution in [-0.2, 0) is 21.0 Å². The van der Waals surface area contributed by atoms with Crippen LogP contribution < -0.4 is 4.89 Å². The van der Waals surface area contributed by atoms with Gasteiger partial charge in [0.25, 0.3) is 10.0 Å². The number of rotatable bonds is 5. The van der Waals surface area contributed by atoms with Gasteiger partial charge in [-0.25, -0.2) is 8.42 Å². The van der Waals surface area contributed by atoms with Crippen molar-refractivity contribution in [2.45, 2.75) is 24.9 Å². The van der Waals surface area contributed by atoms with Crippen LogP contribution in [0.15, 0.2) is 23.1 Å². The highest BCUT2D eigenvalue weighted by atomic mass is 35.5. The lowest BCUT2D eigenvalue weighted by molar-refractivity contribution is -0.139. The fraction of sp³-hybridized carbons (Fsp3) is 0.455. The molecule has 1 aromatic rings. The van der Waals surface area contributed by atoms with Crippen molar-refractivity contribution in [3.8, 4) is 0 Å². The second-order valence-corrected chi connectivity index (χ2v) is 6.48. The van der Waals surface area contributed by atoms with E-state index in [1.54, 1.807) is 18.7 Å². The molecular weight excluding hydrogens is 319 g/mol. The SMILES string of the molecule is CC(C)CONS(=O)(=O)c1ccc(Cl)cc1C(F)(F)F. The van der Waals surface area contributed by atoms with Crippen molar-refractivity contribution >= 4 is 21.6 Å². The Labute approximate surface area is 119 Å². The van der Waals surface area contributed by atoms with Crippen LogP contribution in [0.5, 0.6) is 0 Å². The number of alkyl halides is 3. The summed E-state index contributed by atoms with van der Waals surface area (Å²) in [6.07, 6.45) is -4.84. The van der Waals surface area contributed by atoms with Crippen LogP contribution in [0.1, 0.15) is 19.4 Å². The average molecular weight is 332 g/mol. The molecule has 0 amide bonds. The lowest BCUT2D eigenvalue weighted by atomic mass is 10.2. The number of halogens is 4. The molecule has 0 unspecified atom stereocenters. The van der Waals surface area contributed by atoms with Crippen LogP contribution in [0.4, 0.5) is 13.2 Å². The first kappa shape index (κ1) is 17.2. The van der Waals surface area contributed by atoms with Crippen LogP contribution in [0.2, 0.25) is 5.02 Å². The molecule has 0 aliphatic rings. The first-order chi connectivity index (χ1) is 9.04. The molecule has 4 nitrogen and oxygen atoms in total. The van der Waals surface area contributed by atoms with E-state index in [-0.39, 0.29) is 17.5 Å². The molecular formula is C11H13ClF3NO3S. The topological polar surface area (TPSA) is 55.4 Å². The van der Waals surface area contributed by atoms with Gasteiger partial charge in [0, 0.05) is 5.02 Å². The van der Waals surface area contributed by atoms with E-state index in [9.17, 15) is 21.6 Å². The van der Waals surface area contributed by atoms with Crippen molar-refractivity contribution in [3.63, 3.8) is 0 Å². The van der Waals surface area contributed by atoms with Crippen LogP contribution in [0.3, 0.4) is 0 Å². The monoisotopic (exact) mass is 331 g/mol. The summed E-state index contributed by atoms with van der Waals surface area (Å²) in [6.45, 7) is 3.56. The summed E-state index contributed by atoms with van der Waals surface area (Å²) in [6, 6.07) is 2.40. The second-order valence-electron chi connectivity index (χ2n) is 4.43. The molecule has 0 aliphatic carbocycles. The van der Waals surface area contributed by atoms with Gasteiger partial charge in [0.05, 0.1) is 17.1 Å². The lowest BCUT2D eigenvalue weighted by Crippen LogP contribution is -2.28. The molecule has 20 heavy (non-hydrogen) atoms. The molecule has 1 rings (SSSR count). The molecule has 9 heteroatoms. The van der Waals surface area contributed by atoms with E-state index in [2.05, 4.69) is 4.84 Å². The lowest BCUT2D eigenvalue weighted by Gasteiger charge is -2.14. The Bertz CT molecular complexity index is 573. The molecule has 1 aromatic carbocycles. The highest BCUT2D eigenvalue weighted by Crippen LogP contribution is 2.35. The highest BCUT2D eigenvalue weighted by Gasteiger charge is 2.37. The molecule has 0 aromatic heterocycles. The predicted octanol–water partition coefficient (Wildman–Crippen LogP) is 3.22. The number of sulfonamides is 1. The molecule has 0 radical (unpaired) electrons. The maximum absolute atomic E-state index is 12.8. The zero-order chi connectivity index (χ0) is 15.6. The Morgan fingerprint density at radius 3 is 2.45 bits per heavy atom. The van der Waals surface area contributed by atoms with Crippen molar-refractivity contribution in [2.24, 2.45) is 5.92 Å². The van der Waals surface area contributed by atoms with E-state index in [1.165, 1.54) is 0 Å². The van der Waals surface area contributed by atoms with Gasteiger partial charge in [-0.05, 0) is 24.1 Å². The van der Waals surface area contributed by atoms with Gasteiger partial charge < -0.3 is 0 Å². The zero-order valence-corrected chi connectivity index (χ0v) is 12.2. The third kappa shape index (κ3) is 4.62. The molecule has 0 heterocycles. The van der Waals surface area contributed by atoms with Crippen molar-refractivity contribution in [1.29, 1.82) is 0 Å². The van der Waals surface area contributed by atoms with Gasteiger partial charge in [-0.15, -0.1) is 0 Å². The Balaban J connectivity index is 3.12.